The van der Waals surface area contributed by atoms with E-state index in [0.29, 0.717) is 23.5 Å². The second-order valence-corrected chi connectivity index (χ2v) is 8.74. The first kappa shape index (κ1) is 16.5. The summed E-state index contributed by atoms with van der Waals surface area (Å²) in [5.74, 6) is 0.926. The Hall–Kier alpha value is -0.860. The average Bonchev–Trinajstić information content (AvgIpc) is 2.47. The quantitative estimate of drug-likeness (QED) is 0.837. The summed E-state index contributed by atoms with van der Waals surface area (Å²) in [7, 11) is -3.24. The van der Waals surface area contributed by atoms with Gasteiger partial charge in [-0.25, -0.2) is 12.8 Å². The third-order valence-electron chi connectivity index (χ3n) is 3.43. The summed E-state index contributed by atoms with van der Waals surface area (Å²) in [5.41, 5.74) is 6.63. The van der Waals surface area contributed by atoms with Crippen LogP contribution in [0.3, 0.4) is 0 Å². The predicted molar refractivity (Wildman–Crippen MR) is 90.2 cm³/mol. The van der Waals surface area contributed by atoms with E-state index in [2.05, 4.69) is 0 Å². The number of hydrogen-bond acceptors (Lipinski definition) is 5. The van der Waals surface area contributed by atoms with Gasteiger partial charge >= 0.3 is 0 Å². The van der Waals surface area contributed by atoms with E-state index in [4.69, 9.17) is 18.0 Å². The number of nitrogens with two attached hydrogens (primary N) is 1. The number of thioether (sulfide) groups is 1. The molecule has 0 bridgehead atoms. The van der Waals surface area contributed by atoms with Crippen LogP contribution < -0.4 is 10.6 Å². The molecule has 4 nitrogen and oxygen atoms in total. The van der Waals surface area contributed by atoms with Gasteiger partial charge in [-0.3, -0.25) is 0 Å². The fourth-order valence-electron chi connectivity index (χ4n) is 2.30. The third-order valence-corrected chi connectivity index (χ3v) is 6.94. The Bertz CT molecular complexity index is 649. The van der Waals surface area contributed by atoms with Gasteiger partial charge in [0.1, 0.15) is 16.2 Å². The van der Waals surface area contributed by atoms with Gasteiger partial charge in [-0.1, -0.05) is 19.1 Å². The molecular weight excluding hydrogens is 331 g/mol. The summed E-state index contributed by atoms with van der Waals surface area (Å²) in [4.78, 5) is 1.85. The summed E-state index contributed by atoms with van der Waals surface area (Å²) in [6.07, 6.45) is 0. The zero-order valence-corrected chi connectivity index (χ0v) is 14.0. The van der Waals surface area contributed by atoms with E-state index in [1.165, 1.54) is 12.1 Å². The number of hydrogen-bond donors (Lipinski definition) is 1. The Morgan fingerprint density at radius 3 is 2.90 bits per heavy atom. The lowest BCUT2D eigenvalue weighted by atomic mass is 10.1. The Morgan fingerprint density at radius 2 is 2.29 bits per heavy atom. The minimum atomic E-state index is -3.24. The number of rotatable bonds is 4. The van der Waals surface area contributed by atoms with Crippen molar-refractivity contribution in [2.45, 2.75) is 12.3 Å². The summed E-state index contributed by atoms with van der Waals surface area (Å²) in [5, 5.41) is -0.625. The molecule has 0 radical (unpaired) electrons. The topological polar surface area (TPSA) is 63.4 Å². The molecule has 21 heavy (non-hydrogen) atoms. The van der Waals surface area contributed by atoms with E-state index in [-0.39, 0.29) is 10.7 Å². The standard InChI is InChI=1S/C13H17FN2O2S3/c1-2-21(17,18)12-8-20-6-5-16(12)11-4-3-9(14)7-10(11)13(15)19/h3-4,7,12H,2,5-6,8H2,1H3,(H2,15,19). The van der Waals surface area contributed by atoms with Gasteiger partial charge in [-0.2, -0.15) is 11.8 Å². The van der Waals surface area contributed by atoms with E-state index in [0.717, 1.165) is 5.75 Å². The minimum Gasteiger partial charge on any atom is -0.389 e. The number of thiocarbonyl (C=S) groups is 1. The molecule has 8 heteroatoms. The molecular formula is C13H17FN2O2S3. The van der Waals surface area contributed by atoms with Crippen molar-refractivity contribution < 1.29 is 12.8 Å². The van der Waals surface area contributed by atoms with Crippen LogP contribution in [0, 0.1) is 5.82 Å². The first-order valence-electron chi connectivity index (χ1n) is 6.52. The fraction of sp³-hybridized carbons (Fsp3) is 0.462. The van der Waals surface area contributed by atoms with E-state index in [1.807, 2.05) is 0 Å². The van der Waals surface area contributed by atoms with Crippen LogP contribution in [0.25, 0.3) is 0 Å². The fourth-order valence-corrected chi connectivity index (χ4v) is 5.45. The summed E-state index contributed by atoms with van der Waals surface area (Å²) in [6, 6.07) is 4.11. The molecule has 1 aromatic rings. The van der Waals surface area contributed by atoms with Crippen molar-refractivity contribution in [2.75, 3.05) is 28.7 Å². The zero-order valence-electron chi connectivity index (χ0n) is 11.6. The first-order valence-corrected chi connectivity index (χ1v) is 9.80. The molecule has 0 spiro atoms. The molecule has 2 rings (SSSR count). The molecule has 0 saturated carbocycles. The van der Waals surface area contributed by atoms with Crippen molar-refractivity contribution in [3.05, 3.63) is 29.6 Å². The van der Waals surface area contributed by atoms with Crippen LogP contribution in [-0.2, 0) is 9.84 Å². The van der Waals surface area contributed by atoms with Crippen molar-refractivity contribution in [1.29, 1.82) is 0 Å². The number of nitrogens with zero attached hydrogens (tertiary/aromatic N) is 1. The van der Waals surface area contributed by atoms with Crippen LogP contribution in [0.1, 0.15) is 12.5 Å². The lowest BCUT2D eigenvalue weighted by Gasteiger charge is -2.37. The highest BCUT2D eigenvalue weighted by atomic mass is 32.2. The van der Waals surface area contributed by atoms with E-state index < -0.39 is 21.0 Å². The van der Waals surface area contributed by atoms with Crippen LogP contribution in [-0.4, -0.2) is 42.6 Å². The van der Waals surface area contributed by atoms with Crippen LogP contribution in [0.4, 0.5) is 10.1 Å². The predicted octanol–water partition coefficient (Wildman–Crippen LogP) is 1.77. The maximum absolute atomic E-state index is 13.4. The van der Waals surface area contributed by atoms with Gasteiger partial charge in [0.25, 0.3) is 0 Å². The molecule has 1 saturated heterocycles. The van der Waals surface area contributed by atoms with Crippen LogP contribution in [0.15, 0.2) is 18.2 Å². The molecule has 1 heterocycles. The maximum atomic E-state index is 13.4. The van der Waals surface area contributed by atoms with E-state index in [9.17, 15) is 12.8 Å². The van der Waals surface area contributed by atoms with Crippen molar-refractivity contribution >= 4 is 44.5 Å². The number of sulfone groups is 1. The average molecular weight is 348 g/mol. The van der Waals surface area contributed by atoms with Crippen LogP contribution in [0.2, 0.25) is 0 Å². The molecule has 1 aliphatic rings. The molecule has 1 aromatic carbocycles. The summed E-state index contributed by atoms with van der Waals surface area (Å²) < 4.78 is 38.0. The first-order chi connectivity index (χ1) is 9.86. The Morgan fingerprint density at radius 1 is 1.57 bits per heavy atom. The van der Waals surface area contributed by atoms with Gasteiger partial charge in [-0.15, -0.1) is 0 Å². The summed E-state index contributed by atoms with van der Waals surface area (Å²) >= 11 is 6.57. The minimum absolute atomic E-state index is 0.0652. The third kappa shape index (κ3) is 3.49. The van der Waals surface area contributed by atoms with Gasteiger partial charge in [0, 0.05) is 35.1 Å². The van der Waals surface area contributed by atoms with Crippen LogP contribution >= 0.6 is 24.0 Å². The Balaban J connectivity index is 2.50. The van der Waals surface area contributed by atoms with Crippen molar-refractivity contribution in [1.82, 2.24) is 0 Å². The molecule has 116 valence electrons. The van der Waals surface area contributed by atoms with E-state index in [1.54, 1.807) is 29.7 Å². The normalized spacial score (nSPS) is 19.5. The Labute approximate surface area is 133 Å². The second-order valence-electron chi connectivity index (χ2n) is 4.70. The highest BCUT2D eigenvalue weighted by molar-refractivity contribution is 8.01. The van der Waals surface area contributed by atoms with Gasteiger partial charge < -0.3 is 10.6 Å². The van der Waals surface area contributed by atoms with Gasteiger partial charge in [0.15, 0.2) is 9.84 Å². The SMILES string of the molecule is CCS(=O)(=O)C1CSCCN1c1ccc(F)cc1C(N)=S. The monoisotopic (exact) mass is 348 g/mol. The zero-order chi connectivity index (χ0) is 15.6. The maximum Gasteiger partial charge on any atom is 0.171 e. The van der Waals surface area contributed by atoms with Crippen molar-refractivity contribution in [3.8, 4) is 0 Å². The van der Waals surface area contributed by atoms with Gasteiger partial charge in [0.05, 0.1) is 0 Å². The molecule has 1 fully saturated rings. The lowest BCUT2D eigenvalue weighted by Crippen LogP contribution is -2.48. The molecule has 0 aromatic heterocycles. The van der Waals surface area contributed by atoms with E-state index >= 15 is 0 Å². The molecule has 0 amide bonds. The van der Waals surface area contributed by atoms with Crippen LogP contribution in [0.5, 0.6) is 0 Å². The number of benzene rings is 1. The number of halogens is 1. The Kier molecular flexibility index (Phi) is 5.11. The molecule has 1 unspecified atom stereocenters. The smallest absolute Gasteiger partial charge is 0.171 e. The second kappa shape index (κ2) is 6.50. The van der Waals surface area contributed by atoms with Gasteiger partial charge in [-0.05, 0) is 18.2 Å². The highest BCUT2D eigenvalue weighted by Gasteiger charge is 2.34. The molecule has 0 aliphatic carbocycles. The highest BCUT2D eigenvalue weighted by Crippen LogP contribution is 2.30. The summed E-state index contributed by atoms with van der Waals surface area (Å²) in [6.45, 7) is 2.20. The van der Waals surface area contributed by atoms with Crippen molar-refractivity contribution in [2.24, 2.45) is 5.73 Å². The largest absolute Gasteiger partial charge is 0.389 e. The number of anilines is 1. The van der Waals surface area contributed by atoms with Crippen molar-refractivity contribution in [3.63, 3.8) is 0 Å². The molecule has 1 atom stereocenters. The van der Waals surface area contributed by atoms with Gasteiger partial charge in [0.2, 0.25) is 0 Å². The molecule has 1 aliphatic heterocycles. The molecule has 2 N–H and O–H groups in total. The lowest BCUT2D eigenvalue weighted by molar-refractivity contribution is 0.579.